The van der Waals surface area contributed by atoms with Crippen molar-refractivity contribution in [2.75, 3.05) is 24.7 Å². The molecule has 1 heterocycles. The number of fused-ring (bicyclic) bond motifs is 1. The van der Waals surface area contributed by atoms with Crippen LogP contribution in [0.1, 0.15) is 19.4 Å². The maximum absolute atomic E-state index is 12.4. The molecule has 4 nitrogen and oxygen atoms in total. The van der Waals surface area contributed by atoms with Crippen molar-refractivity contribution in [2.45, 2.75) is 24.5 Å². The molecule has 1 aliphatic heterocycles. The quantitative estimate of drug-likeness (QED) is 0.598. The molecule has 1 amide bonds. The second kappa shape index (κ2) is 6.31. The van der Waals surface area contributed by atoms with E-state index in [2.05, 4.69) is 0 Å². The van der Waals surface area contributed by atoms with Gasteiger partial charge in [-0.1, -0.05) is 41.4 Å². The van der Waals surface area contributed by atoms with Crippen LogP contribution in [0.25, 0.3) is 0 Å². The minimum Gasteiger partial charge on any atom is -0.351 e. The second-order valence-corrected chi connectivity index (χ2v) is 5.67. The monoisotopic (exact) mass is 317 g/mol. The third-order valence-corrected chi connectivity index (χ3v) is 3.81. The van der Waals surface area contributed by atoms with Crippen LogP contribution in [0.4, 0.5) is 5.69 Å². The lowest BCUT2D eigenvalue weighted by Crippen LogP contribution is -2.40. The Labute approximate surface area is 128 Å². The van der Waals surface area contributed by atoms with E-state index in [0.29, 0.717) is 24.5 Å². The summed E-state index contributed by atoms with van der Waals surface area (Å²) in [6, 6.07) is 7.21. The molecule has 0 N–H and O–H groups in total. The van der Waals surface area contributed by atoms with Crippen LogP contribution in [0, 0.1) is 0 Å². The number of benzene rings is 1. The largest absolute Gasteiger partial charge is 0.351 e. The normalized spacial score (nSPS) is 16.9. The average molecular weight is 318 g/mol. The van der Waals surface area contributed by atoms with Gasteiger partial charge in [0.05, 0.1) is 12.2 Å². The number of hydrogen-bond donors (Lipinski definition) is 0. The first-order chi connectivity index (χ1) is 9.52. The predicted octanol–water partition coefficient (Wildman–Crippen LogP) is 3.06. The molecule has 0 atom stereocenters. The Morgan fingerprint density at radius 1 is 1.20 bits per heavy atom. The zero-order chi connectivity index (χ0) is 14.8. The summed E-state index contributed by atoms with van der Waals surface area (Å²) in [6.07, 6.45) is -0.496. The van der Waals surface area contributed by atoms with Crippen LogP contribution in [-0.4, -0.2) is 32.0 Å². The van der Waals surface area contributed by atoms with E-state index in [-0.39, 0.29) is 12.5 Å². The number of anilines is 1. The van der Waals surface area contributed by atoms with Crippen molar-refractivity contribution in [1.29, 1.82) is 0 Å². The molecule has 20 heavy (non-hydrogen) atoms. The Hall–Kier alpha value is -0.810. The van der Waals surface area contributed by atoms with Gasteiger partial charge in [0.2, 0.25) is 4.33 Å². The Morgan fingerprint density at radius 3 is 2.40 bits per heavy atom. The van der Waals surface area contributed by atoms with Crippen molar-refractivity contribution < 1.29 is 14.3 Å². The molecular formula is C14H17Cl2NO3. The van der Waals surface area contributed by atoms with Gasteiger partial charge in [0.1, 0.15) is 0 Å². The van der Waals surface area contributed by atoms with E-state index in [9.17, 15) is 4.79 Å². The number of halogens is 2. The summed E-state index contributed by atoms with van der Waals surface area (Å²) >= 11 is 12.3. The highest BCUT2D eigenvalue weighted by Crippen LogP contribution is 2.47. The minimum atomic E-state index is -1.54. The van der Waals surface area contributed by atoms with E-state index in [1.165, 1.54) is 4.90 Å². The summed E-state index contributed by atoms with van der Waals surface area (Å²) in [5.41, 5.74) is 1.30. The van der Waals surface area contributed by atoms with Crippen molar-refractivity contribution in [2.24, 2.45) is 0 Å². The van der Waals surface area contributed by atoms with Gasteiger partial charge >= 0.3 is 0 Å². The average Bonchev–Trinajstić information content (AvgIpc) is 2.61. The lowest BCUT2D eigenvalue weighted by molar-refractivity contribution is -0.135. The second-order valence-electron chi connectivity index (χ2n) is 4.35. The molecule has 0 spiro atoms. The molecule has 0 fully saturated rings. The van der Waals surface area contributed by atoms with Gasteiger partial charge in [-0.2, -0.15) is 0 Å². The summed E-state index contributed by atoms with van der Waals surface area (Å²) in [5, 5.41) is 0. The Bertz CT molecular complexity index is 487. The number of nitrogens with zero attached hydrogens (tertiary/aromatic N) is 1. The summed E-state index contributed by atoms with van der Waals surface area (Å²) in [6.45, 7) is 5.01. The number of hydrogen-bond acceptors (Lipinski definition) is 3. The molecule has 1 aromatic carbocycles. The third-order valence-electron chi connectivity index (χ3n) is 3.08. The van der Waals surface area contributed by atoms with E-state index < -0.39 is 10.6 Å². The Balaban J connectivity index is 2.26. The lowest BCUT2D eigenvalue weighted by atomic mass is 10.1. The third kappa shape index (κ3) is 2.79. The Morgan fingerprint density at radius 2 is 1.80 bits per heavy atom. The van der Waals surface area contributed by atoms with E-state index in [4.69, 9.17) is 32.7 Å². The molecule has 0 aliphatic carbocycles. The summed E-state index contributed by atoms with van der Waals surface area (Å²) < 4.78 is 9.41. The van der Waals surface area contributed by atoms with Gasteiger partial charge in [-0.15, -0.1) is 0 Å². The van der Waals surface area contributed by atoms with Crippen LogP contribution in [0.15, 0.2) is 24.3 Å². The molecule has 1 aromatic rings. The van der Waals surface area contributed by atoms with Crippen molar-refractivity contribution in [1.82, 2.24) is 0 Å². The molecule has 0 saturated carbocycles. The highest BCUT2D eigenvalue weighted by atomic mass is 35.5. The van der Waals surface area contributed by atoms with Crippen LogP contribution in [0.2, 0.25) is 0 Å². The zero-order valence-electron chi connectivity index (χ0n) is 11.4. The highest BCUT2D eigenvalue weighted by Gasteiger charge is 2.48. The van der Waals surface area contributed by atoms with Crippen molar-refractivity contribution in [3.63, 3.8) is 0 Å². The van der Waals surface area contributed by atoms with E-state index in [0.717, 1.165) is 0 Å². The minimum absolute atomic E-state index is 0.263. The molecule has 0 saturated heterocycles. The SMILES string of the molecule is CCOC(CN1C(=O)C(Cl)(Cl)c2ccccc21)OCC. The molecule has 0 radical (unpaired) electrons. The lowest BCUT2D eigenvalue weighted by Gasteiger charge is -2.24. The van der Waals surface area contributed by atoms with Gasteiger partial charge in [0.25, 0.3) is 5.91 Å². The molecule has 6 heteroatoms. The van der Waals surface area contributed by atoms with Gasteiger partial charge in [0, 0.05) is 18.8 Å². The van der Waals surface area contributed by atoms with Crippen LogP contribution in [0.5, 0.6) is 0 Å². The van der Waals surface area contributed by atoms with Crippen molar-refractivity contribution in [3.8, 4) is 0 Å². The smallest absolute Gasteiger partial charge is 0.268 e. The van der Waals surface area contributed by atoms with Gasteiger partial charge in [-0.3, -0.25) is 4.79 Å². The standard InChI is InChI=1S/C14H17Cl2NO3/c1-3-19-12(20-4-2)9-17-11-8-6-5-7-10(11)14(15,16)13(17)18/h5-8,12H,3-4,9H2,1-2H3. The zero-order valence-corrected chi connectivity index (χ0v) is 12.9. The molecule has 0 unspecified atom stereocenters. The predicted molar refractivity (Wildman–Crippen MR) is 79.2 cm³/mol. The van der Waals surface area contributed by atoms with Crippen LogP contribution >= 0.6 is 23.2 Å². The highest BCUT2D eigenvalue weighted by molar-refractivity contribution is 6.60. The van der Waals surface area contributed by atoms with Crippen molar-refractivity contribution >= 4 is 34.8 Å². The molecular weight excluding hydrogens is 301 g/mol. The maximum Gasteiger partial charge on any atom is 0.268 e. The number of amides is 1. The molecule has 1 aliphatic rings. The number of rotatable bonds is 6. The molecule has 110 valence electrons. The van der Waals surface area contributed by atoms with Gasteiger partial charge in [0.15, 0.2) is 6.29 Å². The van der Waals surface area contributed by atoms with Crippen LogP contribution < -0.4 is 4.90 Å². The number of carbonyl (C=O) groups is 1. The van der Waals surface area contributed by atoms with E-state index >= 15 is 0 Å². The number of para-hydroxylation sites is 1. The van der Waals surface area contributed by atoms with Crippen molar-refractivity contribution in [3.05, 3.63) is 29.8 Å². The number of carbonyl (C=O) groups excluding carboxylic acids is 1. The first-order valence-electron chi connectivity index (χ1n) is 6.54. The van der Waals surface area contributed by atoms with Gasteiger partial charge in [-0.05, 0) is 19.9 Å². The van der Waals surface area contributed by atoms with E-state index in [1.54, 1.807) is 12.1 Å². The fourth-order valence-electron chi connectivity index (χ4n) is 2.22. The first-order valence-corrected chi connectivity index (χ1v) is 7.30. The summed E-state index contributed by atoms with van der Waals surface area (Å²) in [5.74, 6) is -0.369. The van der Waals surface area contributed by atoms with E-state index in [1.807, 2.05) is 26.0 Å². The number of alkyl halides is 2. The van der Waals surface area contributed by atoms with Gasteiger partial charge in [-0.25, -0.2) is 0 Å². The first kappa shape index (κ1) is 15.6. The number of ether oxygens (including phenoxy) is 2. The fourth-order valence-corrected chi connectivity index (χ4v) is 2.75. The molecule has 0 bridgehead atoms. The van der Waals surface area contributed by atoms with Gasteiger partial charge < -0.3 is 14.4 Å². The topological polar surface area (TPSA) is 38.8 Å². The maximum atomic E-state index is 12.4. The Kier molecular flexibility index (Phi) is 4.91. The summed E-state index contributed by atoms with van der Waals surface area (Å²) in [7, 11) is 0. The molecule has 2 rings (SSSR count). The fraction of sp³-hybridized carbons (Fsp3) is 0.500. The van der Waals surface area contributed by atoms with Crippen LogP contribution in [-0.2, 0) is 18.6 Å². The molecule has 0 aromatic heterocycles. The summed E-state index contributed by atoms with van der Waals surface area (Å²) in [4.78, 5) is 13.9. The van der Waals surface area contributed by atoms with Crippen LogP contribution in [0.3, 0.4) is 0 Å².